The molecule has 2 heterocycles. The van der Waals surface area contributed by atoms with Crippen molar-refractivity contribution < 1.29 is 14.3 Å². The summed E-state index contributed by atoms with van der Waals surface area (Å²) in [6.07, 6.45) is 1.59. The van der Waals surface area contributed by atoms with Gasteiger partial charge in [-0.15, -0.1) is 0 Å². The Morgan fingerprint density at radius 2 is 1.82 bits per heavy atom. The van der Waals surface area contributed by atoms with E-state index in [1.54, 1.807) is 12.3 Å². The molecule has 142 valence electrons. The van der Waals surface area contributed by atoms with Gasteiger partial charge in [0.2, 0.25) is 6.79 Å². The Labute approximate surface area is 164 Å². The molecule has 5 heteroatoms. The van der Waals surface area contributed by atoms with Crippen molar-refractivity contribution in [1.82, 2.24) is 4.98 Å². The van der Waals surface area contributed by atoms with Crippen LogP contribution in [0.1, 0.15) is 36.7 Å². The third-order valence-electron chi connectivity index (χ3n) is 4.68. The number of fused-ring (bicyclic) bond motifs is 1. The van der Waals surface area contributed by atoms with Crippen LogP contribution in [0.3, 0.4) is 0 Å². The van der Waals surface area contributed by atoms with Gasteiger partial charge in [0, 0.05) is 17.4 Å². The van der Waals surface area contributed by atoms with E-state index in [4.69, 9.17) is 9.47 Å². The van der Waals surface area contributed by atoms with Crippen molar-refractivity contribution in [2.75, 3.05) is 12.1 Å². The number of hydrogen-bond acceptors (Lipinski definition) is 4. The van der Waals surface area contributed by atoms with Gasteiger partial charge in [-0.25, -0.2) is 0 Å². The Morgan fingerprint density at radius 1 is 1.00 bits per heavy atom. The first kappa shape index (κ1) is 18.0. The quantitative estimate of drug-likeness (QED) is 0.699. The number of carbonyl (C=O) groups excluding carboxylic acids is 1. The number of nitrogens with one attached hydrogen (secondary N) is 1. The molecule has 2 aromatic carbocycles. The third kappa shape index (κ3) is 3.69. The maximum atomic E-state index is 12.6. The second kappa shape index (κ2) is 7.00. The highest BCUT2D eigenvalue weighted by Crippen LogP contribution is 2.35. The molecule has 4 rings (SSSR count). The lowest BCUT2D eigenvalue weighted by Crippen LogP contribution is -2.14. The van der Waals surface area contributed by atoms with Crippen LogP contribution in [0.5, 0.6) is 11.5 Å². The second-order valence-corrected chi connectivity index (χ2v) is 7.79. The SMILES string of the molecule is CC(C)(C)c1cccc(NC(=O)c2ccc(-c3ccc4c(c3)OCO4)nc2)c1. The number of anilines is 1. The summed E-state index contributed by atoms with van der Waals surface area (Å²) in [6.45, 7) is 6.67. The van der Waals surface area contributed by atoms with Crippen molar-refractivity contribution in [3.63, 3.8) is 0 Å². The minimum absolute atomic E-state index is 0.0224. The van der Waals surface area contributed by atoms with Crippen molar-refractivity contribution in [3.05, 3.63) is 71.9 Å². The predicted octanol–water partition coefficient (Wildman–Crippen LogP) is 5.03. The second-order valence-electron chi connectivity index (χ2n) is 7.79. The van der Waals surface area contributed by atoms with Gasteiger partial charge in [0.15, 0.2) is 11.5 Å². The maximum Gasteiger partial charge on any atom is 0.257 e. The average Bonchev–Trinajstić information content (AvgIpc) is 3.15. The summed E-state index contributed by atoms with van der Waals surface area (Å²) in [7, 11) is 0. The summed E-state index contributed by atoms with van der Waals surface area (Å²) in [5.74, 6) is 1.26. The zero-order valence-electron chi connectivity index (χ0n) is 16.2. The molecular formula is C23H22N2O3. The first-order valence-electron chi connectivity index (χ1n) is 9.18. The van der Waals surface area contributed by atoms with Gasteiger partial charge < -0.3 is 14.8 Å². The monoisotopic (exact) mass is 374 g/mol. The van der Waals surface area contributed by atoms with Crippen LogP contribution < -0.4 is 14.8 Å². The molecule has 0 atom stereocenters. The third-order valence-corrected chi connectivity index (χ3v) is 4.68. The zero-order valence-corrected chi connectivity index (χ0v) is 16.2. The molecule has 0 spiro atoms. The molecule has 1 N–H and O–H groups in total. The molecule has 28 heavy (non-hydrogen) atoms. The Kier molecular flexibility index (Phi) is 4.51. The highest BCUT2D eigenvalue weighted by atomic mass is 16.7. The summed E-state index contributed by atoms with van der Waals surface area (Å²) < 4.78 is 10.7. The van der Waals surface area contributed by atoms with E-state index >= 15 is 0 Å². The summed E-state index contributed by atoms with van der Waals surface area (Å²) in [5.41, 5.74) is 4.15. The number of ether oxygens (including phenoxy) is 2. The molecule has 0 saturated carbocycles. The first-order chi connectivity index (χ1) is 13.4. The molecule has 5 nitrogen and oxygen atoms in total. The lowest BCUT2D eigenvalue weighted by atomic mass is 9.87. The Balaban J connectivity index is 1.50. The van der Waals surface area contributed by atoms with Crippen LogP contribution in [0.25, 0.3) is 11.3 Å². The van der Waals surface area contributed by atoms with Gasteiger partial charge >= 0.3 is 0 Å². The molecule has 1 aliphatic rings. The average molecular weight is 374 g/mol. The smallest absolute Gasteiger partial charge is 0.257 e. The van der Waals surface area contributed by atoms with Gasteiger partial charge in [-0.05, 0) is 53.4 Å². The fraction of sp³-hybridized carbons (Fsp3) is 0.217. The molecule has 1 amide bonds. The van der Waals surface area contributed by atoms with Crippen LogP contribution in [0, 0.1) is 0 Å². The van der Waals surface area contributed by atoms with E-state index in [0.29, 0.717) is 11.3 Å². The fourth-order valence-corrected chi connectivity index (χ4v) is 3.02. The van der Waals surface area contributed by atoms with E-state index in [0.717, 1.165) is 22.7 Å². The van der Waals surface area contributed by atoms with Crippen molar-refractivity contribution in [2.24, 2.45) is 0 Å². The summed E-state index contributed by atoms with van der Waals surface area (Å²) in [6, 6.07) is 17.2. The van der Waals surface area contributed by atoms with Gasteiger partial charge in [-0.1, -0.05) is 32.9 Å². The molecule has 0 radical (unpaired) electrons. The number of pyridine rings is 1. The van der Waals surface area contributed by atoms with Crippen LogP contribution in [0.4, 0.5) is 5.69 Å². The minimum Gasteiger partial charge on any atom is -0.454 e. The lowest BCUT2D eigenvalue weighted by molar-refractivity contribution is 0.102. The molecule has 0 fully saturated rings. The van der Waals surface area contributed by atoms with Gasteiger partial charge in [0.1, 0.15) is 0 Å². The number of benzene rings is 2. The molecule has 0 aliphatic carbocycles. The van der Waals surface area contributed by atoms with E-state index in [-0.39, 0.29) is 18.1 Å². The summed E-state index contributed by atoms with van der Waals surface area (Å²) >= 11 is 0. The van der Waals surface area contributed by atoms with E-state index in [9.17, 15) is 4.79 Å². The first-order valence-corrected chi connectivity index (χ1v) is 9.18. The highest BCUT2D eigenvalue weighted by Gasteiger charge is 2.16. The molecule has 3 aromatic rings. The van der Waals surface area contributed by atoms with Gasteiger partial charge in [0.25, 0.3) is 5.91 Å². The van der Waals surface area contributed by atoms with Crippen molar-refractivity contribution in [1.29, 1.82) is 0 Å². The zero-order chi connectivity index (χ0) is 19.7. The minimum atomic E-state index is -0.184. The Hall–Kier alpha value is -3.34. The van der Waals surface area contributed by atoms with E-state index in [1.165, 1.54) is 5.56 Å². The highest BCUT2D eigenvalue weighted by molar-refractivity contribution is 6.04. The maximum absolute atomic E-state index is 12.6. The van der Waals surface area contributed by atoms with Gasteiger partial charge in [-0.2, -0.15) is 0 Å². The van der Waals surface area contributed by atoms with Crippen LogP contribution in [-0.2, 0) is 5.41 Å². The predicted molar refractivity (Wildman–Crippen MR) is 109 cm³/mol. The van der Waals surface area contributed by atoms with Crippen LogP contribution >= 0.6 is 0 Å². The van der Waals surface area contributed by atoms with E-state index in [2.05, 4.69) is 37.1 Å². The van der Waals surface area contributed by atoms with Crippen LogP contribution in [-0.4, -0.2) is 17.7 Å². The van der Waals surface area contributed by atoms with Crippen molar-refractivity contribution >= 4 is 11.6 Å². The van der Waals surface area contributed by atoms with Crippen LogP contribution in [0.2, 0.25) is 0 Å². The van der Waals surface area contributed by atoms with Crippen molar-refractivity contribution in [2.45, 2.75) is 26.2 Å². The largest absolute Gasteiger partial charge is 0.454 e. The standard InChI is InChI=1S/C23H22N2O3/c1-23(2,3)17-5-4-6-18(12-17)25-22(26)16-7-9-19(24-13-16)15-8-10-20-21(11-15)28-14-27-20/h4-13H,14H2,1-3H3,(H,25,26). The van der Waals surface area contributed by atoms with E-state index < -0.39 is 0 Å². The number of amides is 1. The molecule has 1 aromatic heterocycles. The number of rotatable bonds is 3. The Morgan fingerprint density at radius 3 is 2.57 bits per heavy atom. The van der Waals surface area contributed by atoms with E-state index in [1.807, 2.05) is 42.5 Å². The molecular weight excluding hydrogens is 352 g/mol. The molecule has 0 bridgehead atoms. The molecule has 1 aliphatic heterocycles. The number of nitrogens with zero attached hydrogens (tertiary/aromatic N) is 1. The topological polar surface area (TPSA) is 60.5 Å². The molecule has 0 unspecified atom stereocenters. The number of carbonyl (C=O) groups is 1. The van der Waals surface area contributed by atoms with Crippen molar-refractivity contribution in [3.8, 4) is 22.8 Å². The number of hydrogen-bond donors (Lipinski definition) is 1. The lowest BCUT2D eigenvalue weighted by Gasteiger charge is -2.19. The summed E-state index contributed by atoms with van der Waals surface area (Å²) in [4.78, 5) is 17.0. The van der Waals surface area contributed by atoms with Gasteiger partial charge in [-0.3, -0.25) is 9.78 Å². The normalized spacial score (nSPS) is 12.7. The van der Waals surface area contributed by atoms with Gasteiger partial charge in [0.05, 0.1) is 11.3 Å². The fourth-order valence-electron chi connectivity index (χ4n) is 3.02. The van der Waals surface area contributed by atoms with Crippen LogP contribution in [0.15, 0.2) is 60.8 Å². The summed E-state index contributed by atoms with van der Waals surface area (Å²) in [5, 5.41) is 2.95. The Bertz CT molecular complexity index is 1020. The number of aromatic nitrogens is 1. The molecule has 0 saturated heterocycles.